The molecule has 1 saturated heterocycles. The summed E-state index contributed by atoms with van der Waals surface area (Å²) in [5.41, 5.74) is 3.49. The number of non-ortho nitro benzene ring substituents is 1. The molecule has 2 aromatic heterocycles. The molecular weight excluding hydrogens is 504 g/mol. The van der Waals surface area contributed by atoms with Gasteiger partial charge in [0, 0.05) is 42.8 Å². The minimum absolute atomic E-state index is 0.00421. The Hall–Kier alpha value is -4.77. The quantitative estimate of drug-likeness (QED) is 0.197. The van der Waals surface area contributed by atoms with E-state index in [1.807, 2.05) is 64.2 Å². The van der Waals surface area contributed by atoms with Gasteiger partial charge < -0.3 is 24.8 Å². The normalized spacial score (nSPS) is 16.7. The van der Waals surface area contributed by atoms with Crippen LogP contribution in [0.3, 0.4) is 0 Å². The maximum absolute atomic E-state index is 11.9. The number of anilines is 2. The van der Waals surface area contributed by atoms with Crippen LogP contribution in [0.15, 0.2) is 85.2 Å². The monoisotopic (exact) mass is 528 g/mol. The first-order chi connectivity index (χ1) is 18.4. The van der Waals surface area contributed by atoms with Gasteiger partial charge in [-0.15, -0.1) is 0 Å². The summed E-state index contributed by atoms with van der Waals surface area (Å²) >= 11 is 5.83. The van der Waals surface area contributed by atoms with Crippen LogP contribution in [0.5, 0.6) is 5.75 Å². The number of nitro groups is 1. The number of nitrogens with one attached hydrogen (secondary N) is 2. The first kappa shape index (κ1) is 24.9. The zero-order chi connectivity index (χ0) is 26.8. The van der Waals surface area contributed by atoms with Crippen LogP contribution in [0.1, 0.15) is 30.4 Å². The van der Waals surface area contributed by atoms with Crippen molar-refractivity contribution in [1.82, 2.24) is 14.9 Å². The maximum atomic E-state index is 11.9. The number of rotatable bonds is 7. The van der Waals surface area contributed by atoms with E-state index in [0.717, 1.165) is 17.1 Å². The highest BCUT2D eigenvalue weighted by molar-refractivity contribution is 7.80. The summed E-state index contributed by atoms with van der Waals surface area (Å²) < 4.78 is 7.35. The van der Waals surface area contributed by atoms with E-state index < -0.39 is 4.92 Å². The third kappa shape index (κ3) is 4.66. The predicted octanol–water partition coefficient (Wildman–Crippen LogP) is 4.92. The molecule has 2 N–H and O–H groups in total. The lowest BCUT2D eigenvalue weighted by Gasteiger charge is -2.29. The number of methoxy groups -OCH3 is 1. The molecule has 1 fully saturated rings. The molecule has 2 aromatic carbocycles. The van der Waals surface area contributed by atoms with Crippen LogP contribution in [-0.4, -0.2) is 32.6 Å². The molecule has 2 atom stereocenters. The van der Waals surface area contributed by atoms with Crippen LogP contribution >= 0.6 is 12.2 Å². The number of carbonyl (C=O) groups is 1. The molecule has 4 aromatic rings. The summed E-state index contributed by atoms with van der Waals surface area (Å²) in [6.07, 6.45) is 3.59. The summed E-state index contributed by atoms with van der Waals surface area (Å²) in [6.45, 7) is 1.43. The van der Waals surface area contributed by atoms with E-state index in [-0.39, 0.29) is 23.7 Å². The summed E-state index contributed by atoms with van der Waals surface area (Å²) in [5, 5.41) is 18.1. The van der Waals surface area contributed by atoms with Crippen molar-refractivity contribution in [2.24, 2.45) is 0 Å². The van der Waals surface area contributed by atoms with E-state index in [4.69, 9.17) is 17.0 Å². The van der Waals surface area contributed by atoms with E-state index in [2.05, 4.69) is 15.6 Å². The summed E-state index contributed by atoms with van der Waals surface area (Å²) in [7, 11) is 1.54. The van der Waals surface area contributed by atoms with Crippen molar-refractivity contribution in [2.75, 3.05) is 17.3 Å². The van der Waals surface area contributed by atoms with Crippen LogP contribution in [0.25, 0.3) is 5.69 Å². The molecule has 0 aliphatic carbocycles. The molecule has 0 spiro atoms. The van der Waals surface area contributed by atoms with E-state index in [1.165, 1.54) is 26.2 Å². The molecule has 1 aliphatic rings. The van der Waals surface area contributed by atoms with E-state index >= 15 is 0 Å². The number of aromatic nitrogens is 2. The number of nitrogens with zero attached hydrogens (tertiary/aromatic N) is 4. The van der Waals surface area contributed by atoms with Crippen LogP contribution in [0.4, 0.5) is 17.1 Å². The minimum Gasteiger partial charge on any atom is -0.495 e. The molecule has 3 heterocycles. The Bertz CT molecular complexity index is 1520. The van der Waals surface area contributed by atoms with Gasteiger partial charge in [-0.2, -0.15) is 0 Å². The van der Waals surface area contributed by atoms with Gasteiger partial charge in [0.1, 0.15) is 11.8 Å². The number of hydrogen-bond acceptors (Lipinski definition) is 6. The van der Waals surface area contributed by atoms with Crippen LogP contribution in [-0.2, 0) is 4.79 Å². The number of nitro benzene ring substituents is 1. The minimum atomic E-state index is -0.414. The van der Waals surface area contributed by atoms with Crippen molar-refractivity contribution in [3.8, 4) is 11.4 Å². The number of carbonyl (C=O) groups excluding carboxylic acids is 1. The van der Waals surface area contributed by atoms with Crippen molar-refractivity contribution in [1.29, 1.82) is 0 Å². The van der Waals surface area contributed by atoms with Gasteiger partial charge in [0.05, 0.1) is 35.1 Å². The second kappa shape index (κ2) is 10.3. The molecule has 0 radical (unpaired) electrons. The predicted molar refractivity (Wildman–Crippen MR) is 148 cm³/mol. The van der Waals surface area contributed by atoms with Gasteiger partial charge in [-0.05, 0) is 60.7 Å². The lowest BCUT2D eigenvalue weighted by molar-refractivity contribution is -0.384. The van der Waals surface area contributed by atoms with E-state index in [1.54, 1.807) is 18.3 Å². The summed E-state index contributed by atoms with van der Waals surface area (Å²) in [6, 6.07) is 20.7. The number of amides is 1. The Morgan fingerprint density at radius 1 is 1.11 bits per heavy atom. The zero-order valence-corrected chi connectivity index (χ0v) is 21.4. The van der Waals surface area contributed by atoms with Crippen molar-refractivity contribution >= 4 is 40.3 Å². The first-order valence-corrected chi connectivity index (χ1v) is 12.2. The third-order valence-corrected chi connectivity index (χ3v) is 6.59. The smallest absolute Gasteiger partial charge is 0.271 e. The summed E-state index contributed by atoms with van der Waals surface area (Å²) in [5.74, 6) is 0.282. The molecule has 38 heavy (non-hydrogen) atoms. The average Bonchev–Trinajstić information content (AvgIpc) is 3.53. The fraction of sp³-hybridized carbons (Fsp3) is 0.148. The maximum Gasteiger partial charge on any atom is 0.271 e. The van der Waals surface area contributed by atoms with E-state index in [0.29, 0.717) is 22.2 Å². The Kier molecular flexibility index (Phi) is 6.75. The van der Waals surface area contributed by atoms with Crippen LogP contribution in [0.2, 0.25) is 0 Å². The Morgan fingerprint density at radius 2 is 1.95 bits per heavy atom. The highest BCUT2D eigenvalue weighted by Crippen LogP contribution is 2.44. The molecule has 1 aliphatic heterocycles. The number of pyridine rings is 1. The largest absolute Gasteiger partial charge is 0.495 e. The highest BCUT2D eigenvalue weighted by Gasteiger charge is 2.42. The molecule has 0 saturated carbocycles. The third-order valence-electron chi connectivity index (χ3n) is 6.27. The fourth-order valence-corrected chi connectivity index (χ4v) is 5.04. The van der Waals surface area contributed by atoms with Gasteiger partial charge in [-0.3, -0.25) is 19.9 Å². The first-order valence-electron chi connectivity index (χ1n) is 11.8. The van der Waals surface area contributed by atoms with Gasteiger partial charge >= 0.3 is 0 Å². The number of ether oxygens (including phenoxy) is 1. The average molecular weight is 529 g/mol. The Labute approximate surface area is 224 Å². The van der Waals surface area contributed by atoms with Gasteiger partial charge in [0.25, 0.3) is 5.69 Å². The van der Waals surface area contributed by atoms with Crippen LogP contribution < -0.4 is 20.3 Å². The lowest BCUT2D eigenvalue weighted by atomic mass is 10.0. The van der Waals surface area contributed by atoms with Crippen LogP contribution in [0, 0.1) is 10.1 Å². The molecule has 192 valence electrons. The van der Waals surface area contributed by atoms with Crippen molar-refractivity contribution in [3.05, 3.63) is 107 Å². The van der Waals surface area contributed by atoms with Gasteiger partial charge in [0.15, 0.2) is 5.11 Å². The Morgan fingerprint density at radius 3 is 2.66 bits per heavy atom. The van der Waals surface area contributed by atoms with Gasteiger partial charge in [0.2, 0.25) is 5.91 Å². The molecular formula is C27H24N6O4S. The van der Waals surface area contributed by atoms with Crippen molar-refractivity contribution in [3.63, 3.8) is 0 Å². The lowest BCUT2D eigenvalue weighted by Crippen LogP contribution is -2.30. The number of benzene rings is 2. The SMILES string of the molecule is COc1ccc(N2C(=S)N[C@@H](c3ccccn3)[C@@H]2c2cccn2-c2cccc([N+](=O)[O-])c2)cc1NC(C)=O. The standard InChI is InChI=1S/C27H24N6O4S/c1-17(34)29-22-16-19(11-12-24(22)37-2)32-26(25(30-27(32)38)21-9-3-4-13-28-21)23-10-6-14-31(23)18-7-5-8-20(15-18)33(35)36/h3-16,25-26H,1-2H3,(H,29,34)(H,30,38)/t25-,26-/m0/s1. The molecule has 0 bridgehead atoms. The number of hydrogen-bond donors (Lipinski definition) is 2. The molecule has 1 amide bonds. The molecule has 11 heteroatoms. The topological polar surface area (TPSA) is 115 Å². The second-order valence-corrected chi connectivity index (χ2v) is 9.03. The molecule has 0 unspecified atom stereocenters. The Balaban J connectivity index is 1.67. The highest BCUT2D eigenvalue weighted by atomic mass is 32.1. The molecule has 5 rings (SSSR count). The van der Waals surface area contributed by atoms with Gasteiger partial charge in [-0.25, -0.2) is 0 Å². The number of thiocarbonyl (C=S) groups is 1. The molecule has 10 nitrogen and oxygen atoms in total. The van der Waals surface area contributed by atoms with E-state index in [9.17, 15) is 14.9 Å². The zero-order valence-electron chi connectivity index (χ0n) is 20.6. The van der Waals surface area contributed by atoms with Crippen molar-refractivity contribution < 1.29 is 14.5 Å². The second-order valence-electron chi connectivity index (χ2n) is 8.64. The van der Waals surface area contributed by atoms with Gasteiger partial charge in [-0.1, -0.05) is 12.1 Å². The summed E-state index contributed by atoms with van der Waals surface area (Å²) in [4.78, 5) is 29.4. The fourth-order valence-electron chi connectivity index (χ4n) is 4.69. The van der Waals surface area contributed by atoms with Crippen molar-refractivity contribution in [2.45, 2.75) is 19.0 Å².